The van der Waals surface area contributed by atoms with Gasteiger partial charge in [-0.1, -0.05) is 6.58 Å². The van der Waals surface area contributed by atoms with Gasteiger partial charge in [0.25, 0.3) is 0 Å². The minimum absolute atomic E-state index is 0.0111. The summed E-state index contributed by atoms with van der Waals surface area (Å²) >= 11 is 0. The molecule has 1 amide bonds. The standard InChI is InChI=1S/C23H27F2N3O6/c1-7-23(24,25)18-19(27-16-10-13(31-5)8-9-15(16)26-18)33-14-11-17(20(29)32-6)28(12-14)21(30)34-22(2,3)4/h7-10,14,17H,1,11-12H2,2-6H3/t14-,17+/m1/s1. The number of aromatic nitrogens is 2. The molecule has 0 radical (unpaired) electrons. The quantitative estimate of drug-likeness (QED) is 0.455. The van der Waals surface area contributed by atoms with E-state index in [-0.39, 0.29) is 24.0 Å². The monoisotopic (exact) mass is 479 g/mol. The van der Waals surface area contributed by atoms with Gasteiger partial charge < -0.3 is 18.9 Å². The third kappa shape index (κ3) is 5.35. The maximum absolute atomic E-state index is 14.7. The number of esters is 1. The number of rotatable bonds is 6. The van der Waals surface area contributed by atoms with Crippen molar-refractivity contribution in [1.29, 1.82) is 0 Å². The second-order valence-electron chi connectivity index (χ2n) is 8.71. The van der Waals surface area contributed by atoms with E-state index in [0.29, 0.717) is 11.8 Å². The van der Waals surface area contributed by atoms with Crippen LogP contribution in [0.2, 0.25) is 0 Å². The van der Waals surface area contributed by atoms with Crippen LogP contribution in [0.15, 0.2) is 30.9 Å². The number of benzene rings is 1. The first kappa shape index (κ1) is 25.1. The second kappa shape index (κ2) is 9.40. The molecule has 0 aliphatic carbocycles. The average molecular weight is 479 g/mol. The van der Waals surface area contributed by atoms with Crippen LogP contribution in [-0.4, -0.2) is 65.4 Å². The third-order valence-corrected chi connectivity index (χ3v) is 5.05. The maximum atomic E-state index is 14.7. The van der Waals surface area contributed by atoms with Gasteiger partial charge in [-0.2, -0.15) is 8.78 Å². The van der Waals surface area contributed by atoms with Crippen LogP contribution in [0.25, 0.3) is 11.0 Å². The lowest BCUT2D eigenvalue weighted by Gasteiger charge is -2.27. The van der Waals surface area contributed by atoms with Gasteiger partial charge >= 0.3 is 18.0 Å². The Kier molecular flexibility index (Phi) is 6.94. The number of fused-ring (bicyclic) bond motifs is 1. The van der Waals surface area contributed by atoms with Crippen molar-refractivity contribution in [3.63, 3.8) is 0 Å². The number of carbonyl (C=O) groups is 2. The van der Waals surface area contributed by atoms with Crippen molar-refractivity contribution in [2.75, 3.05) is 20.8 Å². The molecular formula is C23H27F2N3O6. The molecule has 11 heteroatoms. The Morgan fingerprint density at radius 3 is 2.47 bits per heavy atom. The van der Waals surface area contributed by atoms with Gasteiger partial charge in [-0.15, -0.1) is 0 Å². The Morgan fingerprint density at radius 2 is 1.88 bits per heavy atom. The fourth-order valence-corrected chi connectivity index (χ4v) is 3.46. The van der Waals surface area contributed by atoms with E-state index >= 15 is 0 Å². The van der Waals surface area contributed by atoms with Crippen LogP contribution >= 0.6 is 0 Å². The zero-order valence-corrected chi connectivity index (χ0v) is 19.6. The minimum Gasteiger partial charge on any atom is -0.497 e. The Hall–Kier alpha value is -3.50. The van der Waals surface area contributed by atoms with Crippen LogP contribution in [0.4, 0.5) is 13.6 Å². The highest BCUT2D eigenvalue weighted by atomic mass is 19.3. The highest BCUT2D eigenvalue weighted by molar-refractivity contribution is 5.82. The largest absolute Gasteiger partial charge is 0.497 e. The normalized spacial score (nSPS) is 18.5. The van der Waals surface area contributed by atoms with Gasteiger partial charge in [0, 0.05) is 12.5 Å². The van der Waals surface area contributed by atoms with Gasteiger partial charge in [-0.3, -0.25) is 4.90 Å². The van der Waals surface area contributed by atoms with Crippen molar-refractivity contribution in [2.45, 2.75) is 50.9 Å². The van der Waals surface area contributed by atoms with Crippen LogP contribution in [0.3, 0.4) is 0 Å². The molecule has 0 unspecified atom stereocenters. The number of hydrogen-bond donors (Lipinski definition) is 0. The molecule has 1 fully saturated rings. The van der Waals surface area contributed by atoms with Gasteiger partial charge in [-0.25, -0.2) is 19.6 Å². The number of ether oxygens (including phenoxy) is 4. The number of hydrogen-bond acceptors (Lipinski definition) is 8. The number of amides is 1. The van der Waals surface area contributed by atoms with Gasteiger partial charge in [0.1, 0.15) is 23.5 Å². The van der Waals surface area contributed by atoms with Gasteiger partial charge in [0.15, 0.2) is 5.69 Å². The molecule has 0 N–H and O–H groups in total. The molecule has 1 aliphatic rings. The van der Waals surface area contributed by atoms with Gasteiger partial charge in [0.2, 0.25) is 5.88 Å². The zero-order valence-electron chi connectivity index (χ0n) is 19.6. The van der Waals surface area contributed by atoms with E-state index in [2.05, 4.69) is 16.5 Å². The maximum Gasteiger partial charge on any atom is 0.411 e. The fraction of sp³-hybridized carbons (Fsp3) is 0.478. The van der Waals surface area contributed by atoms with E-state index < -0.39 is 47.3 Å². The van der Waals surface area contributed by atoms with E-state index in [1.165, 1.54) is 26.4 Å². The van der Waals surface area contributed by atoms with E-state index in [4.69, 9.17) is 18.9 Å². The van der Waals surface area contributed by atoms with Gasteiger partial charge in [-0.05, 0) is 39.0 Å². The number of nitrogens with zero attached hydrogens (tertiary/aromatic N) is 3. The molecule has 184 valence electrons. The van der Waals surface area contributed by atoms with Crippen LogP contribution in [0, 0.1) is 0 Å². The topological polar surface area (TPSA) is 100 Å². The predicted octanol–water partition coefficient (Wildman–Crippen LogP) is 3.85. The second-order valence-corrected chi connectivity index (χ2v) is 8.71. The summed E-state index contributed by atoms with van der Waals surface area (Å²) in [5, 5.41) is 0. The Morgan fingerprint density at radius 1 is 1.18 bits per heavy atom. The Balaban J connectivity index is 1.98. The van der Waals surface area contributed by atoms with Crippen molar-refractivity contribution in [3.8, 4) is 11.6 Å². The predicted molar refractivity (Wildman–Crippen MR) is 118 cm³/mol. The van der Waals surface area contributed by atoms with Crippen molar-refractivity contribution >= 4 is 23.1 Å². The van der Waals surface area contributed by atoms with Crippen LogP contribution in [-0.2, 0) is 20.2 Å². The van der Waals surface area contributed by atoms with E-state index in [0.717, 1.165) is 4.90 Å². The summed E-state index contributed by atoms with van der Waals surface area (Å²) in [5.74, 6) is -4.20. The van der Waals surface area contributed by atoms with Crippen LogP contribution in [0.5, 0.6) is 11.6 Å². The summed E-state index contributed by atoms with van der Waals surface area (Å²) < 4.78 is 50.5. The Bertz CT molecular complexity index is 1100. The molecule has 0 bridgehead atoms. The first-order valence-corrected chi connectivity index (χ1v) is 10.5. The molecule has 1 aromatic carbocycles. The number of allylic oxidation sites excluding steroid dienone is 1. The highest BCUT2D eigenvalue weighted by Gasteiger charge is 2.44. The number of halogens is 2. The number of alkyl halides is 2. The number of carbonyl (C=O) groups excluding carboxylic acids is 2. The first-order chi connectivity index (χ1) is 15.9. The lowest BCUT2D eigenvalue weighted by atomic mass is 10.2. The molecule has 0 spiro atoms. The summed E-state index contributed by atoms with van der Waals surface area (Å²) in [4.78, 5) is 34.4. The summed E-state index contributed by atoms with van der Waals surface area (Å²) in [5.41, 5.74) is -1.06. The molecule has 1 aliphatic heterocycles. The highest BCUT2D eigenvalue weighted by Crippen LogP contribution is 2.37. The number of methoxy groups -OCH3 is 2. The van der Waals surface area contributed by atoms with Crippen molar-refractivity contribution in [3.05, 3.63) is 36.5 Å². The molecule has 9 nitrogen and oxygen atoms in total. The number of likely N-dealkylation sites (tertiary alicyclic amines) is 1. The fourth-order valence-electron chi connectivity index (χ4n) is 3.46. The zero-order chi connectivity index (χ0) is 25.3. The third-order valence-electron chi connectivity index (χ3n) is 5.05. The summed E-state index contributed by atoms with van der Waals surface area (Å²) in [6, 6.07) is 3.59. The SMILES string of the molecule is C=CC(F)(F)c1nc2ccc(OC)cc2nc1O[C@@H]1C[C@@H](C(=O)OC)N(C(=O)OC(C)(C)C)C1. The van der Waals surface area contributed by atoms with E-state index in [9.17, 15) is 18.4 Å². The smallest absolute Gasteiger partial charge is 0.411 e. The molecule has 3 rings (SSSR count). The van der Waals surface area contributed by atoms with Gasteiger partial charge in [0.05, 0.1) is 31.8 Å². The van der Waals surface area contributed by atoms with Crippen LogP contribution in [0.1, 0.15) is 32.9 Å². The minimum atomic E-state index is -3.54. The molecule has 1 aromatic heterocycles. The van der Waals surface area contributed by atoms with Crippen molar-refractivity contribution < 1.29 is 37.3 Å². The molecule has 1 saturated heterocycles. The lowest BCUT2D eigenvalue weighted by molar-refractivity contribution is -0.145. The first-order valence-electron chi connectivity index (χ1n) is 10.5. The van der Waals surface area contributed by atoms with Crippen molar-refractivity contribution in [1.82, 2.24) is 14.9 Å². The molecule has 2 aromatic rings. The molecule has 2 heterocycles. The van der Waals surface area contributed by atoms with Crippen LogP contribution < -0.4 is 9.47 Å². The van der Waals surface area contributed by atoms with E-state index in [1.54, 1.807) is 26.8 Å². The molecule has 34 heavy (non-hydrogen) atoms. The summed E-state index contributed by atoms with van der Waals surface area (Å²) in [6.45, 7) is 8.13. The molecule has 0 saturated carbocycles. The molecule has 2 atom stereocenters. The summed E-state index contributed by atoms with van der Waals surface area (Å²) in [7, 11) is 2.65. The molecular weight excluding hydrogens is 452 g/mol. The summed E-state index contributed by atoms with van der Waals surface area (Å²) in [6.07, 6.45) is -1.17. The van der Waals surface area contributed by atoms with Crippen molar-refractivity contribution in [2.24, 2.45) is 0 Å². The van der Waals surface area contributed by atoms with E-state index in [1.807, 2.05) is 0 Å². The average Bonchev–Trinajstić information content (AvgIpc) is 3.20. The lowest BCUT2D eigenvalue weighted by Crippen LogP contribution is -2.44. The Labute approximate surface area is 195 Å².